The second kappa shape index (κ2) is 11.7. The van der Waals surface area contributed by atoms with E-state index in [0.29, 0.717) is 0 Å². The first kappa shape index (κ1) is 27.7. The van der Waals surface area contributed by atoms with Gasteiger partial charge in [0, 0.05) is 24.7 Å². The fourth-order valence-electron chi connectivity index (χ4n) is 5.72. The van der Waals surface area contributed by atoms with Gasteiger partial charge >= 0.3 is 24.0 Å². The van der Waals surface area contributed by atoms with Crippen molar-refractivity contribution in [3.05, 3.63) is 59.7 Å². The Balaban J connectivity index is 1.28. The number of rotatable bonds is 8. The quantitative estimate of drug-likeness (QED) is 0.402. The molecule has 1 amide bonds. The number of nitrogens with one attached hydrogen (secondary N) is 1. The van der Waals surface area contributed by atoms with E-state index >= 15 is 0 Å². The van der Waals surface area contributed by atoms with Gasteiger partial charge < -0.3 is 24.4 Å². The third-order valence-corrected chi connectivity index (χ3v) is 8.43. The molecule has 40 heavy (non-hydrogen) atoms. The third-order valence-electron chi connectivity index (χ3n) is 7.37. The Morgan fingerprint density at radius 3 is 2.10 bits per heavy atom. The number of fused-ring (bicyclic) bond motifs is 4. The molecular formula is C28H28N2O9S. The first-order valence-electron chi connectivity index (χ1n) is 12.8. The summed E-state index contributed by atoms with van der Waals surface area (Å²) < 4.78 is 16.7. The number of carbonyl (C=O) groups is 4. The number of benzene rings is 2. The molecule has 2 aromatic carbocycles. The molecular weight excluding hydrogens is 540 g/mol. The summed E-state index contributed by atoms with van der Waals surface area (Å²) in [5.74, 6) is -4.44. The van der Waals surface area contributed by atoms with Crippen LogP contribution in [-0.2, 0) is 28.6 Å². The van der Waals surface area contributed by atoms with E-state index in [0.717, 1.165) is 34.0 Å². The van der Waals surface area contributed by atoms with Crippen LogP contribution in [0.5, 0.6) is 0 Å². The average molecular weight is 569 g/mol. The Kier molecular flexibility index (Phi) is 8.08. The van der Waals surface area contributed by atoms with Crippen molar-refractivity contribution >= 4 is 40.9 Å². The smallest absolute Gasteiger partial charge is 0.413 e. The van der Waals surface area contributed by atoms with Gasteiger partial charge in [0.25, 0.3) is 0 Å². The molecule has 0 aromatic heterocycles. The number of carbonyl (C=O) groups excluding carboxylic acids is 2. The van der Waals surface area contributed by atoms with Crippen LogP contribution in [-0.4, -0.2) is 70.2 Å². The number of aliphatic imine (C=N–C) groups is 1. The number of nitrogens with zero attached hydrogens (tertiary/aromatic N) is 1. The number of carboxylic acids is 2. The molecule has 2 aliphatic heterocycles. The molecule has 0 spiro atoms. The van der Waals surface area contributed by atoms with Gasteiger partial charge in [0.05, 0.1) is 25.0 Å². The predicted octanol–water partition coefficient (Wildman–Crippen LogP) is 3.47. The minimum absolute atomic E-state index is 0.105. The van der Waals surface area contributed by atoms with Crippen LogP contribution in [0.1, 0.15) is 36.8 Å². The molecule has 2 heterocycles. The fraction of sp³-hybridized carbons (Fsp3) is 0.393. The molecule has 1 saturated heterocycles. The molecule has 1 aliphatic carbocycles. The number of alkyl carbamates (subject to hydrolysis) is 1. The molecule has 5 rings (SSSR count). The van der Waals surface area contributed by atoms with E-state index in [1.54, 1.807) is 0 Å². The topological polar surface area (TPSA) is 161 Å². The zero-order chi connectivity index (χ0) is 28.4. The molecule has 1 fully saturated rings. The highest BCUT2D eigenvalue weighted by Gasteiger charge is 2.51. The molecule has 5 atom stereocenters. The van der Waals surface area contributed by atoms with E-state index in [4.69, 9.17) is 14.2 Å². The Morgan fingerprint density at radius 1 is 0.900 bits per heavy atom. The monoisotopic (exact) mass is 568 g/mol. The van der Waals surface area contributed by atoms with Crippen LogP contribution in [0, 0.1) is 11.8 Å². The minimum Gasteiger partial charge on any atom is -0.481 e. The number of amides is 1. The van der Waals surface area contributed by atoms with E-state index in [1.165, 1.54) is 6.92 Å². The highest BCUT2D eigenvalue weighted by Crippen LogP contribution is 2.46. The highest BCUT2D eigenvalue weighted by molar-refractivity contribution is 8.14. The standard InChI is InChI=1S/C28H28N2O9S/c1-14(31)37-13-22-19(10-23(32)33)20(11-24(34)35)25-26(39-22)40-27(29-25)30-28(36)38-12-21-17-8-4-2-6-15(17)16-7-3-5-9-18(16)21/h2-9,19-22,25-26H,10-13H2,1H3,(H,32,33)(H,34,35)(H,29,30,36)/t19-,20+,22-,25+,26+/m0/s1. The number of hydrogen-bond donors (Lipinski definition) is 3. The fourth-order valence-corrected chi connectivity index (χ4v) is 6.86. The summed E-state index contributed by atoms with van der Waals surface area (Å²) in [5, 5.41) is 21.8. The molecule has 2 aromatic rings. The van der Waals surface area contributed by atoms with Gasteiger partial charge in [-0.1, -0.05) is 60.3 Å². The van der Waals surface area contributed by atoms with E-state index < -0.39 is 53.4 Å². The molecule has 0 saturated carbocycles. The van der Waals surface area contributed by atoms with Crippen molar-refractivity contribution in [2.75, 3.05) is 13.2 Å². The second-order valence-corrected chi connectivity index (χ2v) is 10.9. The van der Waals surface area contributed by atoms with Gasteiger partial charge in [0.2, 0.25) is 0 Å². The third kappa shape index (κ3) is 5.82. The van der Waals surface area contributed by atoms with Crippen molar-refractivity contribution in [3.63, 3.8) is 0 Å². The first-order chi connectivity index (χ1) is 19.2. The van der Waals surface area contributed by atoms with E-state index in [9.17, 15) is 29.4 Å². The van der Waals surface area contributed by atoms with Crippen LogP contribution in [0.3, 0.4) is 0 Å². The number of aliphatic carboxylic acids is 2. The Morgan fingerprint density at radius 2 is 1.50 bits per heavy atom. The molecule has 0 radical (unpaired) electrons. The highest BCUT2D eigenvalue weighted by atomic mass is 32.2. The van der Waals surface area contributed by atoms with Crippen molar-refractivity contribution in [2.45, 2.75) is 43.3 Å². The summed E-state index contributed by atoms with van der Waals surface area (Å²) >= 11 is 1.08. The van der Waals surface area contributed by atoms with Gasteiger partial charge in [-0.3, -0.25) is 24.7 Å². The van der Waals surface area contributed by atoms with E-state index in [-0.39, 0.29) is 37.1 Å². The van der Waals surface area contributed by atoms with Gasteiger partial charge in [-0.15, -0.1) is 0 Å². The number of esters is 1. The maximum absolute atomic E-state index is 12.8. The molecule has 210 valence electrons. The molecule has 0 bridgehead atoms. The van der Waals surface area contributed by atoms with E-state index in [1.807, 2.05) is 48.5 Å². The SMILES string of the molecule is CC(=O)OC[C@@H]1O[C@@H]2SC(NC(=O)OCC3c4ccccc4-c4ccccc43)=N[C@@H]2[C@H](CC(=O)O)[C@@H]1CC(=O)O. The summed E-state index contributed by atoms with van der Waals surface area (Å²) in [6, 6.07) is 15.2. The summed E-state index contributed by atoms with van der Waals surface area (Å²) in [4.78, 5) is 52.0. The van der Waals surface area contributed by atoms with Gasteiger partial charge in [0.15, 0.2) is 5.17 Å². The van der Waals surface area contributed by atoms with Gasteiger partial charge in [-0.2, -0.15) is 0 Å². The molecule has 3 aliphatic rings. The predicted molar refractivity (Wildman–Crippen MR) is 144 cm³/mol. The summed E-state index contributed by atoms with van der Waals surface area (Å²) in [6.45, 7) is 1.10. The van der Waals surface area contributed by atoms with Crippen LogP contribution in [0.25, 0.3) is 11.1 Å². The Bertz CT molecular complexity index is 1320. The molecule has 3 N–H and O–H groups in total. The van der Waals surface area contributed by atoms with Crippen LogP contribution < -0.4 is 5.32 Å². The molecule has 0 unspecified atom stereocenters. The zero-order valence-electron chi connectivity index (χ0n) is 21.5. The summed E-state index contributed by atoms with van der Waals surface area (Å²) in [5.41, 5.74) is 3.66. The van der Waals surface area contributed by atoms with Crippen molar-refractivity contribution < 1.29 is 43.6 Å². The minimum atomic E-state index is -1.14. The number of ether oxygens (including phenoxy) is 3. The number of thioether (sulfide) groups is 1. The Labute approximate surface area is 233 Å². The zero-order valence-corrected chi connectivity index (χ0v) is 22.3. The lowest BCUT2D eigenvalue weighted by Crippen LogP contribution is -2.50. The lowest BCUT2D eigenvalue weighted by molar-refractivity contribution is -0.162. The largest absolute Gasteiger partial charge is 0.481 e. The normalized spacial score (nSPS) is 24.7. The molecule has 12 heteroatoms. The first-order valence-corrected chi connectivity index (χ1v) is 13.7. The average Bonchev–Trinajstić information content (AvgIpc) is 3.45. The number of amidine groups is 1. The van der Waals surface area contributed by atoms with Crippen molar-refractivity contribution in [1.82, 2.24) is 5.32 Å². The van der Waals surface area contributed by atoms with Crippen LogP contribution in [0.4, 0.5) is 4.79 Å². The number of carboxylic acid groups (broad SMARTS) is 2. The lowest BCUT2D eigenvalue weighted by atomic mass is 9.76. The summed E-state index contributed by atoms with van der Waals surface area (Å²) in [7, 11) is 0. The van der Waals surface area contributed by atoms with Crippen LogP contribution in [0.15, 0.2) is 53.5 Å². The van der Waals surface area contributed by atoms with Crippen molar-refractivity contribution in [1.29, 1.82) is 0 Å². The van der Waals surface area contributed by atoms with Gasteiger partial charge in [-0.05, 0) is 22.3 Å². The van der Waals surface area contributed by atoms with Crippen molar-refractivity contribution in [2.24, 2.45) is 16.8 Å². The van der Waals surface area contributed by atoms with Gasteiger partial charge in [0.1, 0.15) is 18.6 Å². The molecule has 11 nitrogen and oxygen atoms in total. The van der Waals surface area contributed by atoms with Gasteiger partial charge in [-0.25, -0.2) is 4.79 Å². The lowest BCUT2D eigenvalue weighted by Gasteiger charge is -2.42. The van der Waals surface area contributed by atoms with Crippen LogP contribution in [0.2, 0.25) is 0 Å². The number of hydrogen-bond acceptors (Lipinski definition) is 9. The maximum atomic E-state index is 12.8. The Hall–Kier alpha value is -3.90. The maximum Gasteiger partial charge on any atom is 0.413 e. The van der Waals surface area contributed by atoms with Crippen LogP contribution >= 0.6 is 11.8 Å². The van der Waals surface area contributed by atoms with E-state index in [2.05, 4.69) is 10.3 Å². The second-order valence-electron chi connectivity index (χ2n) is 9.86. The van der Waals surface area contributed by atoms with Crippen molar-refractivity contribution in [3.8, 4) is 11.1 Å². The summed E-state index contributed by atoms with van der Waals surface area (Å²) in [6.07, 6.45) is -2.31.